The van der Waals surface area contributed by atoms with Crippen LogP contribution in [-0.2, 0) is 0 Å². The fourth-order valence-electron chi connectivity index (χ4n) is 1.45. The van der Waals surface area contributed by atoms with Crippen LogP contribution in [-0.4, -0.2) is 27.4 Å². The molecule has 1 aromatic rings. The molecule has 0 spiro atoms. The molecule has 0 aliphatic rings. The van der Waals surface area contributed by atoms with Crippen LogP contribution >= 0.6 is 0 Å². The lowest BCUT2D eigenvalue weighted by molar-refractivity contribution is 0.424. The zero-order valence-corrected chi connectivity index (χ0v) is 9.70. The van der Waals surface area contributed by atoms with Crippen molar-refractivity contribution in [3.63, 3.8) is 0 Å². The molecule has 14 heavy (non-hydrogen) atoms. The van der Waals surface area contributed by atoms with Gasteiger partial charge in [0, 0.05) is 12.6 Å². The van der Waals surface area contributed by atoms with Crippen molar-refractivity contribution in [2.75, 3.05) is 6.54 Å². The van der Waals surface area contributed by atoms with Crippen molar-refractivity contribution in [3.05, 3.63) is 11.6 Å². The summed E-state index contributed by atoms with van der Waals surface area (Å²) in [4.78, 5) is 4.28. The van der Waals surface area contributed by atoms with E-state index in [-0.39, 0.29) is 0 Å². The molecule has 0 amide bonds. The van der Waals surface area contributed by atoms with Gasteiger partial charge in [0.05, 0.1) is 6.04 Å². The molecule has 4 nitrogen and oxygen atoms in total. The van der Waals surface area contributed by atoms with Gasteiger partial charge in [-0.25, -0.2) is 9.67 Å². The number of aromatic nitrogens is 3. The third kappa shape index (κ3) is 2.80. The molecule has 1 rings (SSSR count). The van der Waals surface area contributed by atoms with Gasteiger partial charge in [0.25, 0.3) is 0 Å². The van der Waals surface area contributed by atoms with Crippen LogP contribution in [0.4, 0.5) is 0 Å². The summed E-state index contributed by atoms with van der Waals surface area (Å²) < 4.78 is 1.98. The van der Waals surface area contributed by atoms with Gasteiger partial charge in [0.1, 0.15) is 11.6 Å². The van der Waals surface area contributed by atoms with Gasteiger partial charge in [0.15, 0.2) is 0 Å². The van der Waals surface area contributed by atoms with E-state index in [1.165, 1.54) is 0 Å². The fraction of sp³-hybridized carbons (Fsp3) is 0.800. The first-order chi connectivity index (χ1) is 6.50. The van der Waals surface area contributed by atoms with Gasteiger partial charge >= 0.3 is 0 Å². The van der Waals surface area contributed by atoms with Crippen molar-refractivity contribution in [2.45, 2.75) is 46.7 Å². The third-order valence-electron chi connectivity index (χ3n) is 2.15. The molecule has 0 aliphatic heterocycles. The summed E-state index contributed by atoms with van der Waals surface area (Å²) in [6.45, 7) is 11.3. The molecule has 0 aromatic carbocycles. The molecule has 1 N–H and O–H groups in total. The Hall–Kier alpha value is -0.900. The summed E-state index contributed by atoms with van der Waals surface area (Å²) in [6, 6.07) is 0.876. The predicted octanol–water partition coefficient (Wildman–Crippen LogP) is 1.45. The number of nitrogens with one attached hydrogen (secondary N) is 1. The molecule has 0 aliphatic carbocycles. The topological polar surface area (TPSA) is 42.7 Å². The Labute approximate surface area is 85.7 Å². The molecule has 80 valence electrons. The van der Waals surface area contributed by atoms with Crippen LogP contribution in [0, 0.1) is 13.8 Å². The highest BCUT2D eigenvalue weighted by Gasteiger charge is 2.10. The van der Waals surface area contributed by atoms with Crippen LogP contribution in [0.3, 0.4) is 0 Å². The Kier molecular flexibility index (Phi) is 3.63. The van der Waals surface area contributed by atoms with E-state index >= 15 is 0 Å². The maximum atomic E-state index is 4.35. The first kappa shape index (κ1) is 11.2. The van der Waals surface area contributed by atoms with Crippen LogP contribution in [0.15, 0.2) is 0 Å². The highest BCUT2D eigenvalue weighted by atomic mass is 15.4. The van der Waals surface area contributed by atoms with Gasteiger partial charge in [0.2, 0.25) is 0 Å². The molecule has 4 heteroatoms. The zero-order chi connectivity index (χ0) is 10.7. The lowest BCUT2D eigenvalue weighted by Gasteiger charge is -2.15. The second-order valence-electron chi connectivity index (χ2n) is 4.06. The van der Waals surface area contributed by atoms with Crippen LogP contribution in [0.25, 0.3) is 0 Å². The number of aryl methyl sites for hydroxylation is 2. The molecule has 1 aromatic heterocycles. The molecule has 1 unspecified atom stereocenters. The Morgan fingerprint density at radius 2 is 1.93 bits per heavy atom. The van der Waals surface area contributed by atoms with E-state index in [1.807, 2.05) is 18.5 Å². The zero-order valence-electron chi connectivity index (χ0n) is 9.70. The minimum Gasteiger partial charge on any atom is -0.312 e. The van der Waals surface area contributed by atoms with E-state index in [4.69, 9.17) is 0 Å². The Morgan fingerprint density at radius 3 is 2.36 bits per heavy atom. The van der Waals surface area contributed by atoms with E-state index in [0.29, 0.717) is 12.1 Å². The quantitative estimate of drug-likeness (QED) is 0.792. The van der Waals surface area contributed by atoms with Gasteiger partial charge in [-0.05, 0) is 20.8 Å². The molecule has 1 heterocycles. The number of hydrogen-bond acceptors (Lipinski definition) is 3. The summed E-state index contributed by atoms with van der Waals surface area (Å²) >= 11 is 0. The summed E-state index contributed by atoms with van der Waals surface area (Å²) in [5.41, 5.74) is 0. The number of rotatable bonds is 4. The molecule has 0 fully saturated rings. The minimum absolute atomic E-state index is 0.360. The van der Waals surface area contributed by atoms with Gasteiger partial charge < -0.3 is 5.32 Å². The highest BCUT2D eigenvalue weighted by Crippen LogP contribution is 2.06. The highest BCUT2D eigenvalue weighted by molar-refractivity contribution is 4.90. The summed E-state index contributed by atoms with van der Waals surface area (Å²) in [7, 11) is 0. The average molecular weight is 196 g/mol. The van der Waals surface area contributed by atoms with E-state index in [1.54, 1.807) is 0 Å². The molecule has 0 radical (unpaired) electrons. The van der Waals surface area contributed by atoms with Crippen LogP contribution < -0.4 is 5.32 Å². The normalized spacial score (nSPS) is 13.6. The number of nitrogens with zero attached hydrogens (tertiary/aromatic N) is 3. The van der Waals surface area contributed by atoms with Gasteiger partial charge in [-0.2, -0.15) is 5.10 Å². The van der Waals surface area contributed by atoms with E-state index in [0.717, 1.165) is 18.2 Å². The van der Waals surface area contributed by atoms with Crippen LogP contribution in [0.5, 0.6) is 0 Å². The SMILES string of the molecule is Cc1nc(C)n(C(C)CNC(C)C)n1. The number of hydrogen-bond donors (Lipinski definition) is 1. The van der Waals surface area contributed by atoms with Crippen molar-refractivity contribution in [3.8, 4) is 0 Å². The van der Waals surface area contributed by atoms with E-state index in [2.05, 4.69) is 36.2 Å². The molecule has 1 atom stereocenters. The smallest absolute Gasteiger partial charge is 0.147 e. The van der Waals surface area contributed by atoms with E-state index in [9.17, 15) is 0 Å². The standard InChI is InChI=1S/C10H20N4/c1-7(2)11-6-8(3)14-10(5)12-9(4)13-14/h7-8,11H,6H2,1-5H3. The summed E-state index contributed by atoms with van der Waals surface area (Å²) in [5.74, 6) is 1.83. The minimum atomic E-state index is 0.360. The Morgan fingerprint density at radius 1 is 1.29 bits per heavy atom. The summed E-state index contributed by atoms with van der Waals surface area (Å²) in [5, 5.41) is 7.75. The van der Waals surface area contributed by atoms with Crippen LogP contribution in [0.2, 0.25) is 0 Å². The molecule has 0 bridgehead atoms. The first-order valence-electron chi connectivity index (χ1n) is 5.14. The maximum Gasteiger partial charge on any atom is 0.147 e. The molecule has 0 saturated carbocycles. The Balaban J connectivity index is 2.60. The van der Waals surface area contributed by atoms with Crippen molar-refractivity contribution < 1.29 is 0 Å². The van der Waals surface area contributed by atoms with Crippen molar-refractivity contribution in [1.82, 2.24) is 20.1 Å². The maximum absolute atomic E-state index is 4.35. The lowest BCUT2D eigenvalue weighted by atomic mass is 10.3. The Bertz CT molecular complexity index is 290. The second-order valence-corrected chi connectivity index (χ2v) is 4.06. The molecular weight excluding hydrogens is 176 g/mol. The van der Waals surface area contributed by atoms with Crippen molar-refractivity contribution >= 4 is 0 Å². The lowest BCUT2D eigenvalue weighted by Crippen LogP contribution is -2.30. The molecular formula is C10H20N4. The molecule has 0 saturated heterocycles. The second kappa shape index (κ2) is 4.55. The fourth-order valence-corrected chi connectivity index (χ4v) is 1.45. The van der Waals surface area contributed by atoms with E-state index < -0.39 is 0 Å². The van der Waals surface area contributed by atoms with Gasteiger partial charge in [-0.3, -0.25) is 0 Å². The van der Waals surface area contributed by atoms with Crippen molar-refractivity contribution in [2.24, 2.45) is 0 Å². The largest absolute Gasteiger partial charge is 0.312 e. The van der Waals surface area contributed by atoms with Crippen LogP contribution in [0.1, 0.15) is 38.5 Å². The van der Waals surface area contributed by atoms with Gasteiger partial charge in [-0.15, -0.1) is 0 Å². The summed E-state index contributed by atoms with van der Waals surface area (Å²) in [6.07, 6.45) is 0. The predicted molar refractivity (Wildman–Crippen MR) is 57.3 cm³/mol. The van der Waals surface area contributed by atoms with Crippen molar-refractivity contribution in [1.29, 1.82) is 0 Å². The van der Waals surface area contributed by atoms with Gasteiger partial charge in [-0.1, -0.05) is 13.8 Å². The third-order valence-corrected chi connectivity index (χ3v) is 2.15. The monoisotopic (exact) mass is 196 g/mol. The first-order valence-corrected chi connectivity index (χ1v) is 5.14. The average Bonchev–Trinajstić information content (AvgIpc) is 2.41.